The maximum Gasteiger partial charge on any atom is 0.247 e. The highest BCUT2D eigenvalue weighted by Crippen LogP contribution is 3.02. The second-order valence-corrected chi connectivity index (χ2v) is 47.3. The lowest BCUT2D eigenvalue weighted by Gasteiger charge is -2.55. The average molecular weight is 531 g/mol. The summed E-state index contributed by atoms with van der Waals surface area (Å²) in [6.45, 7) is 35.2. The van der Waals surface area contributed by atoms with Gasteiger partial charge in [-0.1, -0.05) is 108 Å². The van der Waals surface area contributed by atoms with E-state index in [1.807, 2.05) is 0 Å². The lowest BCUT2D eigenvalue weighted by Crippen LogP contribution is -2.69. The van der Waals surface area contributed by atoms with Crippen molar-refractivity contribution in [2.75, 3.05) is 12.5 Å². The van der Waals surface area contributed by atoms with Crippen LogP contribution in [-0.4, -0.2) is 66.8 Å². The molecule has 0 saturated carbocycles. The van der Waals surface area contributed by atoms with Crippen LogP contribution in [0, 0.1) is 0 Å². The smallest absolute Gasteiger partial charge is 0.247 e. The molecule has 1 saturated heterocycles. The second-order valence-electron chi connectivity index (χ2n) is 13.6. The SMILES string of the molecule is C[Si](C)(C)N(N=P1(N(N([Si](C)(C)C)[Si](C)(C)C)[Si](C)(C)C)OS1(C)C)[Si](C)(C)C. The molecule has 5 nitrogen and oxygen atoms in total. The number of nitrogens with zero attached hydrogens (tertiary/aromatic N) is 4. The predicted molar refractivity (Wildman–Crippen MR) is 152 cm³/mol. The summed E-state index contributed by atoms with van der Waals surface area (Å²) in [7, 11) is -9.33. The maximum atomic E-state index is 6.87. The normalized spacial score (nSPS) is 25.0. The Kier molecular flexibility index (Phi) is 7.94. The van der Waals surface area contributed by atoms with Crippen LogP contribution in [0.15, 0.2) is 4.85 Å². The molecule has 0 spiro atoms. The maximum absolute atomic E-state index is 6.87. The lowest BCUT2D eigenvalue weighted by atomic mass is 11.8. The third-order valence-electron chi connectivity index (χ3n) is 4.61. The number of hydrogen-bond acceptors (Lipinski definition) is 3. The first-order valence-corrected chi connectivity index (χ1v) is 32.6. The molecule has 0 aromatic carbocycles. The van der Waals surface area contributed by atoms with Crippen molar-refractivity contribution in [2.24, 2.45) is 4.85 Å². The van der Waals surface area contributed by atoms with Gasteiger partial charge in [-0.05, 0) is 12.5 Å². The average Bonchev–Trinajstić information content (AvgIpc) is 2.88. The highest BCUT2D eigenvalue weighted by atomic mass is 32.9. The van der Waals surface area contributed by atoms with Crippen LogP contribution >= 0.6 is 16.6 Å². The van der Waals surface area contributed by atoms with Crippen LogP contribution in [0.1, 0.15) is 0 Å². The van der Waals surface area contributed by atoms with Gasteiger partial charge in [0.15, 0.2) is 0 Å². The van der Waals surface area contributed by atoms with E-state index in [1.165, 1.54) is 0 Å². The summed E-state index contributed by atoms with van der Waals surface area (Å²) in [6, 6.07) is 0. The zero-order valence-electron chi connectivity index (χ0n) is 22.6. The van der Waals surface area contributed by atoms with Crippen LogP contribution < -0.4 is 0 Å². The molecule has 1 unspecified atom stereocenters. The van der Waals surface area contributed by atoms with Crippen LogP contribution in [0.25, 0.3) is 0 Å². The summed E-state index contributed by atoms with van der Waals surface area (Å²) in [5, 5.41) is 0. The van der Waals surface area contributed by atoms with E-state index in [1.54, 1.807) is 0 Å². The summed E-state index contributed by atoms with van der Waals surface area (Å²) >= 11 is 0. The zero-order valence-corrected chi connectivity index (χ0v) is 29.3. The molecule has 1 aliphatic rings. The fourth-order valence-electron chi connectivity index (χ4n) is 4.34. The molecule has 1 heterocycles. The molecular weight excluding hydrogens is 480 g/mol. The molecule has 29 heavy (non-hydrogen) atoms. The van der Waals surface area contributed by atoms with Crippen LogP contribution in [0.2, 0.25) is 98.2 Å². The van der Waals surface area contributed by atoms with Gasteiger partial charge < -0.3 is 0 Å². The summed E-state index contributed by atoms with van der Waals surface area (Å²) in [5.41, 5.74) is 0. The number of rotatable bonds is 8. The quantitative estimate of drug-likeness (QED) is 0.138. The molecule has 0 aromatic heterocycles. The van der Waals surface area contributed by atoms with Gasteiger partial charge >= 0.3 is 0 Å². The molecule has 1 fully saturated rings. The first kappa shape index (κ1) is 28.5. The molecule has 1 rings (SSSR count). The van der Waals surface area contributed by atoms with Crippen LogP contribution in [-0.2, 0) is 3.97 Å². The Morgan fingerprint density at radius 1 is 0.586 bits per heavy atom. The third kappa shape index (κ3) is 6.30. The van der Waals surface area contributed by atoms with Gasteiger partial charge in [-0.2, -0.15) is 4.85 Å². The van der Waals surface area contributed by atoms with Crippen molar-refractivity contribution >= 4 is 57.7 Å². The van der Waals surface area contributed by atoms with E-state index in [0.717, 1.165) is 0 Å². The summed E-state index contributed by atoms with van der Waals surface area (Å²) in [5.74, 6) is 0. The first-order valence-electron chi connectivity index (χ1n) is 10.8. The number of hydrazine groups is 1. The fourth-order valence-corrected chi connectivity index (χ4v) is 46.1. The Bertz CT molecular complexity index is 644. The topological polar surface area (TPSA) is 34.6 Å². The standard InChI is InChI=1S/C17H51N4OPSSi5/c1-24(2)22-23(24,18-19(25(3,4)5)26(6,7)8)20(27(9,10)11)21(28(12,13)14)29(15,16)17/h1-17H3. The second kappa shape index (κ2) is 8.07. The van der Waals surface area contributed by atoms with E-state index >= 15 is 0 Å². The molecule has 0 N–H and O–H groups in total. The Morgan fingerprint density at radius 2 is 0.897 bits per heavy atom. The monoisotopic (exact) mass is 530 g/mol. The van der Waals surface area contributed by atoms with Crippen molar-refractivity contribution in [3.63, 3.8) is 0 Å². The summed E-state index contributed by atoms with van der Waals surface area (Å²) < 4.78 is 15.3. The molecule has 12 heteroatoms. The Balaban J connectivity index is 3.94. The zero-order chi connectivity index (χ0) is 23.6. The third-order valence-corrected chi connectivity index (χ3v) is 32.3. The van der Waals surface area contributed by atoms with Gasteiger partial charge in [0, 0.05) is 0 Å². The molecule has 1 atom stereocenters. The van der Waals surface area contributed by atoms with Crippen molar-refractivity contribution in [1.82, 2.24) is 13.1 Å². The minimum absolute atomic E-state index is 1.17. The van der Waals surface area contributed by atoms with Crippen LogP contribution in [0.5, 0.6) is 0 Å². The van der Waals surface area contributed by atoms with Gasteiger partial charge in [0.1, 0.15) is 41.2 Å². The first-order chi connectivity index (χ1) is 12.3. The van der Waals surface area contributed by atoms with Gasteiger partial charge in [0.05, 0.1) is 0 Å². The highest BCUT2D eigenvalue weighted by molar-refractivity contribution is 8.86. The fraction of sp³-hybridized carbons (Fsp3) is 1.00. The van der Waals surface area contributed by atoms with Crippen LogP contribution in [0.3, 0.4) is 0 Å². The lowest BCUT2D eigenvalue weighted by molar-refractivity contribution is 0.366. The van der Waals surface area contributed by atoms with E-state index < -0.39 is 57.7 Å². The van der Waals surface area contributed by atoms with Gasteiger partial charge in [0.25, 0.3) is 0 Å². The van der Waals surface area contributed by atoms with Gasteiger partial charge in [-0.15, -0.1) is 0 Å². The Morgan fingerprint density at radius 3 is 1.07 bits per heavy atom. The van der Waals surface area contributed by atoms with E-state index in [4.69, 9.17) is 8.82 Å². The van der Waals surface area contributed by atoms with Gasteiger partial charge in [0.2, 0.25) is 6.63 Å². The molecule has 0 amide bonds. The van der Waals surface area contributed by atoms with Crippen LogP contribution in [0.4, 0.5) is 0 Å². The predicted octanol–water partition coefficient (Wildman–Crippen LogP) is 7.85. The molecular formula is C17H51N4OPSSi5. The number of hydrogen-bond donors (Lipinski definition) is 0. The van der Waals surface area contributed by atoms with E-state index in [0.29, 0.717) is 0 Å². The largest absolute Gasteiger partial charge is 0.283 e. The minimum Gasteiger partial charge on any atom is -0.283 e. The van der Waals surface area contributed by atoms with E-state index in [9.17, 15) is 0 Å². The molecule has 0 radical (unpaired) electrons. The van der Waals surface area contributed by atoms with Gasteiger partial charge in [-0.3, -0.25) is 8.31 Å². The van der Waals surface area contributed by atoms with E-state index in [2.05, 4.69) is 124 Å². The van der Waals surface area contributed by atoms with Crippen molar-refractivity contribution in [3.8, 4) is 0 Å². The molecule has 176 valence electrons. The van der Waals surface area contributed by atoms with Crippen molar-refractivity contribution in [2.45, 2.75) is 98.2 Å². The van der Waals surface area contributed by atoms with Crippen molar-refractivity contribution in [1.29, 1.82) is 0 Å². The minimum atomic E-state index is -2.03. The highest BCUT2D eigenvalue weighted by Gasteiger charge is 2.65. The molecule has 0 aromatic rings. The molecule has 0 aliphatic carbocycles. The van der Waals surface area contributed by atoms with E-state index in [-0.39, 0.29) is 0 Å². The summed E-state index contributed by atoms with van der Waals surface area (Å²) in [4.78, 5) is 5.78. The Labute approximate surface area is 189 Å². The molecule has 1 aliphatic heterocycles. The van der Waals surface area contributed by atoms with Crippen molar-refractivity contribution < 1.29 is 3.97 Å². The van der Waals surface area contributed by atoms with Crippen molar-refractivity contribution in [3.05, 3.63) is 0 Å². The summed E-state index contributed by atoms with van der Waals surface area (Å²) in [6.07, 6.45) is 4.74. The molecule has 0 bridgehead atoms. The van der Waals surface area contributed by atoms with Gasteiger partial charge in [-0.25, -0.2) is 8.79 Å². The Hall–Kier alpha value is 1.50.